The fourth-order valence-electron chi connectivity index (χ4n) is 2.24. The summed E-state index contributed by atoms with van der Waals surface area (Å²) >= 11 is 0. The van der Waals surface area contributed by atoms with Gasteiger partial charge in [0.2, 0.25) is 0 Å². The van der Waals surface area contributed by atoms with E-state index < -0.39 is 11.7 Å². The molecule has 0 aliphatic heterocycles. The summed E-state index contributed by atoms with van der Waals surface area (Å²) in [7, 11) is 0. The Kier molecular flexibility index (Phi) is 5.63. The number of nitrogens with zero attached hydrogens (tertiary/aromatic N) is 3. The number of rotatable bonds is 4. The molecular weight excluding hydrogens is 300 g/mol. The maximum Gasteiger partial charge on any atom is 0.524 e. The van der Waals surface area contributed by atoms with E-state index in [-0.39, 0.29) is 11.6 Å². The van der Waals surface area contributed by atoms with E-state index in [1.165, 1.54) is 0 Å². The van der Waals surface area contributed by atoms with Gasteiger partial charge in [0, 0.05) is 20.0 Å². The highest BCUT2D eigenvalue weighted by Crippen LogP contribution is 2.14. The molecule has 0 saturated carbocycles. The summed E-state index contributed by atoms with van der Waals surface area (Å²) in [6.45, 7) is 13.1. The van der Waals surface area contributed by atoms with Crippen LogP contribution in [0.4, 0.5) is 4.79 Å². The average molecular weight is 326 g/mol. The van der Waals surface area contributed by atoms with Crippen molar-refractivity contribution in [2.75, 3.05) is 18.5 Å². The molecule has 0 spiro atoms. The van der Waals surface area contributed by atoms with Gasteiger partial charge < -0.3 is 14.8 Å². The maximum absolute atomic E-state index is 12.5. The predicted molar refractivity (Wildman–Crippen MR) is 85.7 cm³/mol. The van der Waals surface area contributed by atoms with E-state index >= 15 is 0 Å². The lowest BCUT2D eigenvalue weighted by Gasteiger charge is -2.18. The maximum atomic E-state index is 12.5. The minimum absolute atomic E-state index is 0.232. The number of ether oxygens (including phenoxy) is 1. The molecule has 0 atom stereocenters. The molecule has 23 heavy (non-hydrogen) atoms. The third kappa shape index (κ3) is 4.14. The summed E-state index contributed by atoms with van der Waals surface area (Å²) in [5, 5.41) is 12.3. The topological polar surface area (TPSA) is 90.5 Å². The number of hydrogen-bond donors (Lipinski definition) is 1. The van der Waals surface area contributed by atoms with Crippen LogP contribution in [0.5, 0.6) is 0 Å². The van der Waals surface area contributed by atoms with E-state index in [1.54, 1.807) is 39.5 Å². The molecule has 0 bridgehead atoms. The third-order valence-electron chi connectivity index (χ3n) is 3.37. The first-order valence-corrected chi connectivity index (χ1v) is 7.64. The Labute approximate surface area is 136 Å². The van der Waals surface area contributed by atoms with Crippen LogP contribution in [-0.2, 0) is 4.74 Å². The van der Waals surface area contributed by atoms with Gasteiger partial charge >= 0.3 is 6.09 Å². The molecule has 0 fully saturated rings. The minimum atomic E-state index is -0.762. The Hall–Kier alpha value is -2.25. The smallest absolute Gasteiger partial charge is 0.524 e. The van der Waals surface area contributed by atoms with Crippen LogP contribution in [0.2, 0.25) is 0 Å². The Morgan fingerprint density at radius 1 is 1.26 bits per heavy atom. The third-order valence-corrected chi connectivity index (χ3v) is 3.37. The van der Waals surface area contributed by atoms with Crippen molar-refractivity contribution < 1.29 is 19.2 Å². The standard InChI is InChI=1S/C15H26N4O4/c1-8-17(9-2)13(20)12-10(3)18(19(22)11(12)4)16-14(21)23-15(5,6)7/h8-9H2,1-7H3,(H,16,21). The molecule has 1 aromatic heterocycles. The normalized spacial score (nSPS) is 11.3. The second-order valence-electron chi connectivity index (χ2n) is 6.22. The summed E-state index contributed by atoms with van der Waals surface area (Å²) in [4.78, 5) is 27.5. The summed E-state index contributed by atoms with van der Waals surface area (Å²) in [6, 6.07) is 0. The highest BCUT2D eigenvalue weighted by molar-refractivity contribution is 5.96. The van der Waals surface area contributed by atoms with Crippen LogP contribution in [0.1, 0.15) is 56.4 Å². The quantitative estimate of drug-likeness (QED) is 0.673. The Bertz CT molecular complexity index is 598. The van der Waals surface area contributed by atoms with Gasteiger partial charge in [-0.1, -0.05) is 10.2 Å². The first-order chi connectivity index (χ1) is 10.5. The van der Waals surface area contributed by atoms with E-state index in [4.69, 9.17) is 4.74 Å². The SMILES string of the molecule is CCN(CC)C(=O)c1c(C)n(NC(=O)OC(C)(C)C)[n+]([O-])c1C. The summed E-state index contributed by atoms with van der Waals surface area (Å²) in [6.07, 6.45) is -0.762. The van der Waals surface area contributed by atoms with Gasteiger partial charge in [-0.2, -0.15) is 9.64 Å². The molecule has 130 valence electrons. The number of carbonyl (C=O) groups is 2. The summed E-state index contributed by atoms with van der Waals surface area (Å²) in [5.41, 5.74) is 2.56. The first-order valence-electron chi connectivity index (χ1n) is 7.64. The number of carbonyl (C=O) groups excluding carboxylic acids is 2. The zero-order chi connectivity index (χ0) is 17.9. The van der Waals surface area contributed by atoms with E-state index in [1.807, 2.05) is 13.8 Å². The van der Waals surface area contributed by atoms with Crippen molar-refractivity contribution >= 4 is 12.0 Å². The van der Waals surface area contributed by atoms with Crippen molar-refractivity contribution in [2.24, 2.45) is 0 Å². The molecule has 0 saturated heterocycles. The zero-order valence-electron chi connectivity index (χ0n) is 14.9. The second kappa shape index (κ2) is 6.89. The molecule has 1 rings (SSSR count). The molecule has 2 amide bonds. The van der Waals surface area contributed by atoms with Crippen LogP contribution >= 0.6 is 0 Å². The van der Waals surface area contributed by atoms with Crippen LogP contribution < -0.4 is 10.3 Å². The number of amides is 2. The van der Waals surface area contributed by atoms with E-state index in [2.05, 4.69) is 5.43 Å². The zero-order valence-corrected chi connectivity index (χ0v) is 14.9. The van der Waals surface area contributed by atoms with Gasteiger partial charge in [-0.3, -0.25) is 4.79 Å². The van der Waals surface area contributed by atoms with Crippen molar-refractivity contribution in [3.8, 4) is 0 Å². The highest BCUT2D eigenvalue weighted by atomic mass is 16.6. The number of nitrogens with one attached hydrogen (secondary N) is 1. The largest absolute Gasteiger partial charge is 0.692 e. The summed E-state index contributed by atoms with van der Waals surface area (Å²) < 4.78 is 5.13. The highest BCUT2D eigenvalue weighted by Gasteiger charge is 2.29. The monoisotopic (exact) mass is 326 g/mol. The van der Waals surface area contributed by atoms with Crippen molar-refractivity contribution in [3.05, 3.63) is 22.2 Å². The molecule has 1 aromatic rings. The van der Waals surface area contributed by atoms with Crippen LogP contribution in [0.25, 0.3) is 0 Å². The van der Waals surface area contributed by atoms with Gasteiger partial charge in [0.05, 0.1) is 0 Å². The van der Waals surface area contributed by atoms with Crippen LogP contribution in [0.15, 0.2) is 0 Å². The Morgan fingerprint density at radius 2 is 1.78 bits per heavy atom. The molecule has 0 aromatic carbocycles. The fourth-order valence-corrected chi connectivity index (χ4v) is 2.24. The molecule has 0 aliphatic rings. The molecule has 0 unspecified atom stereocenters. The lowest BCUT2D eigenvalue weighted by Crippen LogP contribution is -2.47. The predicted octanol–water partition coefficient (Wildman–Crippen LogP) is 1.70. The molecule has 1 heterocycles. The van der Waals surface area contributed by atoms with Crippen molar-refractivity contribution in [3.63, 3.8) is 0 Å². The fraction of sp³-hybridized carbons (Fsp3) is 0.667. The van der Waals surface area contributed by atoms with Crippen LogP contribution in [0.3, 0.4) is 0 Å². The molecule has 0 radical (unpaired) electrons. The van der Waals surface area contributed by atoms with E-state index in [0.717, 1.165) is 4.79 Å². The van der Waals surface area contributed by atoms with Crippen LogP contribution in [0, 0.1) is 19.1 Å². The number of aromatic nitrogens is 2. The van der Waals surface area contributed by atoms with Crippen molar-refractivity contribution in [1.29, 1.82) is 0 Å². The second-order valence-corrected chi connectivity index (χ2v) is 6.22. The number of hydrogen-bond acceptors (Lipinski definition) is 4. The van der Waals surface area contributed by atoms with Gasteiger partial charge in [0.15, 0.2) is 0 Å². The van der Waals surface area contributed by atoms with Gasteiger partial charge in [-0.15, -0.1) is 0 Å². The van der Waals surface area contributed by atoms with Gasteiger partial charge in [-0.05, 0) is 41.5 Å². The minimum Gasteiger partial charge on any atom is -0.692 e. The Balaban J connectivity index is 3.16. The van der Waals surface area contributed by atoms with Gasteiger partial charge in [-0.25, -0.2) is 0 Å². The summed E-state index contributed by atoms with van der Waals surface area (Å²) in [5.74, 6) is -0.237. The molecule has 8 heteroatoms. The van der Waals surface area contributed by atoms with Crippen molar-refractivity contribution in [1.82, 2.24) is 9.69 Å². The molecule has 8 nitrogen and oxygen atoms in total. The van der Waals surface area contributed by atoms with Crippen LogP contribution in [-0.4, -0.2) is 40.4 Å². The van der Waals surface area contributed by atoms with Gasteiger partial charge in [0.1, 0.15) is 22.6 Å². The van der Waals surface area contributed by atoms with E-state index in [9.17, 15) is 14.8 Å². The lowest BCUT2D eigenvalue weighted by atomic mass is 10.1. The Morgan fingerprint density at radius 3 is 2.22 bits per heavy atom. The van der Waals surface area contributed by atoms with Crippen molar-refractivity contribution in [2.45, 2.75) is 54.1 Å². The van der Waals surface area contributed by atoms with Gasteiger partial charge in [0.25, 0.3) is 5.91 Å². The molecule has 1 N–H and O–H groups in total. The first kappa shape index (κ1) is 18.8. The lowest BCUT2D eigenvalue weighted by molar-refractivity contribution is -0.694. The van der Waals surface area contributed by atoms with E-state index in [0.29, 0.717) is 29.2 Å². The molecular formula is C15H26N4O4. The average Bonchev–Trinajstić information content (AvgIpc) is 2.62. The molecule has 0 aliphatic carbocycles.